The van der Waals surface area contributed by atoms with Crippen molar-refractivity contribution in [2.45, 2.75) is 24.8 Å². The lowest BCUT2D eigenvalue weighted by Gasteiger charge is -2.42. The molecule has 0 unspecified atom stereocenters. The number of rotatable bonds is 4. The lowest BCUT2D eigenvalue weighted by molar-refractivity contribution is -0.375. The number of carbonyl (C=O) groups is 2. The maximum absolute atomic E-state index is 13.6. The first-order valence-electron chi connectivity index (χ1n) is 7.65. The number of methoxy groups -OCH3 is 1. The van der Waals surface area contributed by atoms with Crippen LogP contribution >= 0.6 is 0 Å². The Bertz CT molecular complexity index is 700. The average Bonchev–Trinajstić information content (AvgIpc) is 2.60. The van der Waals surface area contributed by atoms with Crippen molar-refractivity contribution in [2.75, 3.05) is 13.7 Å². The van der Waals surface area contributed by atoms with Crippen LogP contribution in [0.5, 0.6) is 0 Å². The lowest BCUT2D eigenvalue weighted by Crippen LogP contribution is -2.59. The summed E-state index contributed by atoms with van der Waals surface area (Å²) in [5.41, 5.74) is 0.262. The molecule has 1 aliphatic rings. The van der Waals surface area contributed by atoms with Gasteiger partial charge in [0, 0.05) is 5.92 Å². The van der Waals surface area contributed by atoms with E-state index in [-0.39, 0.29) is 12.2 Å². The van der Waals surface area contributed by atoms with Crippen LogP contribution in [-0.4, -0.2) is 42.7 Å². The van der Waals surface area contributed by atoms with Gasteiger partial charge >= 0.3 is 23.9 Å². The first-order chi connectivity index (χ1) is 12.2. The SMILES string of the molecule is CCOC(=O)[C@H]1[C@H](c2ccccc2)C=C(C(=O)OC)O[C@]1(O)C(F)(F)F. The average molecular weight is 374 g/mol. The van der Waals surface area contributed by atoms with Crippen LogP contribution in [-0.2, 0) is 23.8 Å². The van der Waals surface area contributed by atoms with Crippen molar-refractivity contribution in [2.24, 2.45) is 5.92 Å². The molecule has 0 spiro atoms. The molecule has 0 radical (unpaired) electrons. The molecule has 0 aliphatic carbocycles. The summed E-state index contributed by atoms with van der Waals surface area (Å²) < 4.78 is 54.6. The van der Waals surface area contributed by atoms with Gasteiger partial charge in [-0.15, -0.1) is 0 Å². The minimum absolute atomic E-state index is 0.196. The number of hydrogen-bond donors (Lipinski definition) is 1. The van der Waals surface area contributed by atoms with Crippen LogP contribution < -0.4 is 0 Å². The van der Waals surface area contributed by atoms with Gasteiger partial charge in [0.1, 0.15) is 5.92 Å². The fourth-order valence-electron chi connectivity index (χ4n) is 2.71. The van der Waals surface area contributed by atoms with E-state index in [1.807, 2.05) is 0 Å². The molecule has 6 nitrogen and oxygen atoms in total. The summed E-state index contributed by atoms with van der Waals surface area (Å²) in [6, 6.07) is 7.65. The van der Waals surface area contributed by atoms with Crippen LogP contribution in [0, 0.1) is 5.92 Å². The molecule has 1 aromatic carbocycles. The van der Waals surface area contributed by atoms with Crippen molar-refractivity contribution >= 4 is 11.9 Å². The van der Waals surface area contributed by atoms with Crippen LogP contribution in [0.25, 0.3) is 0 Å². The number of aliphatic hydroxyl groups is 1. The molecule has 0 fully saturated rings. The summed E-state index contributed by atoms with van der Waals surface area (Å²) in [6.45, 7) is 1.22. The van der Waals surface area contributed by atoms with E-state index in [0.29, 0.717) is 0 Å². The number of ether oxygens (including phenoxy) is 3. The number of alkyl halides is 3. The molecule has 0 saturated heterocycles. The van der Waals surface area contributed by atoms with Gasteiger partial charge in [0.25, 0.3) is 0 Å². The van der Waals surface area contributed by atoms with Crippen LogP contribution in [0.4, 0.5) is 13.2 Å². The van der Waals surface area contributed by atoms with E-state index < -0.39 is 41.5 Å². The predicted molar refractivity (Wildman–Crippen MR) is 81.5 cm³/mol. The second-order valence-electron chi connectivity index (χ2n) is 5.48. The fraction of sp³-hybridized carbons (Fsp3) is 0.412. The third kappa shape index (κ3) is 3.52. The Hall–Kier alpha value is -2.55. The third-order valence-electron chi connectivity index (χ3n) is 3.89. The lowest BCUT2D eigenvalue weighted by atomic mass is 9.78. The van der Waals surface area contributed by atoms with E-state index in [1.165, 1.54) is 19.1 Å². The zero-order valence-corrected chi connectivity index (χ0v) is 13.9. The van der Waals surface area contributed by atoms with E-state index in [0.717, 1.165) is 13.2 Å². The monoisotopic (exact) mass is 374 g/mol. The van der Waals surface area contributed by atoms with E-state index in [9.17, 15) is 27.9 Å². The molecular weight excluding hydrogens is 357 g/mol. The van der Waals surface area contributed by atoms with Crippen LogP contribution in [0.2, 0.25) is 0 Å². The highest BCUT2D eigenvalue weighted by Crippen LogP contribution is 2.49. The van der Waals surface area contributed by atoms with Gasteiger partial charge in [-0.25, -0.2) is 4.79 Å². The minimum atomic E-state index is -5.38. The van der Waals surface area contributed by atoms with Crippen molar-refractivity contribution in [3.8, 4) is 0 Å². The molecule has 2 rings (SSSR count). The number of allylic oxidation sites excluding steroid dienone is 1. The summed E-state index contributed by atoms with van der Waals surface area (Å²) >= 11 is 0. The van der Waals surface area contributed by atoms with Crippen molar-refractivity contribution in [3.63, 3.8) is 0 Å². The number of hydrogen-bond acceptors (Lipinski definition) is 6. The minimum Gasteiger partial charge on any atom is -0.466 e. The Labute approximate surface area is 147 Å². The van der Waals surface area contributed by atoms with E-state index in [1.54, 1.807) is 18.2 Å². The summed E-state index contributed by atoms with van der Waals surface area (Å²) in [5.74, 6) is -10.8. The molecule has 9 heteroatoms. The highest BCUT2D eigenvalue weighted by molar-refractivity contribution is 5.87. The zero-order valence-electron chi connectivity index (χ0n) is 13.9. The van der Waals surface area contributed by atoms with Gasteiger partial charge in [0.05, 0.1) is 13.7 Å². The summed E-state index contributed by atoms with van der Waals surface area (Å²) in [5, 5.41) is 10.3. The maximum Gasteiger partial charge on any atom is 0.456 e. The molecule has 0 bridgehead atoms. The van der Waals surface area contributed by atoms with E-state index >= 15 is 0 Å². The Morgan fingerprint density at radius 1 is 1.27 bits per heavy atom. The first-order valence-corrected chi connectivity index (χ1v) is 7.65. The number of halogens is 3. The van der Waals surface area contributed by atoms with E-state index in [4.69, 9.17) is 4.74 Å². The molecule has 26 heavy (non-hydrogen) atoms. The quantitative estimate of drug-likeness (QED) is 0.815. The molecule has 0 aromatic heterocycles. The molecule has 1 aromatic rings. The second-order valence-corrected chi connectivity index (χ2v) is 5.48. The van der Waals surface area contributed by atoms with Gasteiger partial charge in [0.2, 0.25) is 5.76 Å². The summed E-state index contributed by atoms with van der Waals surface area (Å²) in [4.78, 5) is 24.0. The number of carbonyl (C=O) groups excluding carboxylic acids is 2. The second kappa shape index (κ2) is 7.36. The Morgan fingerprint density at radius 2 is 1.88 bits per heavy atom. The molecule has 1 heterocycles. The molecule has 0 saturated carbocycles. The van der Waals surface area contributed by atoms with Gasteiger partial charge in [0.15, 0.2) is 0 Å². The Morgan fingerprint density at radius 3 is 2.38 bits per heavy atom. The van der Waals surface area contributed by atoms with Gasteiger partial charge in [-0.1, -0.05) is 30.3 Å². The Balaban J connectivity index is 2.68. The van der Waals surface area contributed by atoms with E-state index in [2.05, 4.69) is 9.47 Å². The van der Waals surface area contributed by atoms with Crippen molar-refractivity contribution in [1.29, 1.82) is 0 Å². The molecular formula is C17H17F3O6. The van der Waals surface area contributed by atoms with Crippen molar-refractivity contribution in [3.05, 3.63) is 47.7 Å². The van der Waals surface area contributed by atoms with Gasteiger partial charge in [-0.05, 0) is 18.6 Å². The van der Waals surface area contributed by atoms with Crippen LogP contribution in [0.15, 0.2) is 42.2 Å². The topological polar surface area (TPSA) is 82.1 Å². The van der Waals surface area contributed by atoms with Gasteiger partial charge < -0.3 is 19.3 Å². The normalized spacial score (nSPS) is 25.7. The highest BCUT2D eigenvalue weighted by atomic mass is 19.4. The van der Waals surface area contributed by atoms with Crippen molar-refractivity contribution < 1.29 is 42.1 Å². The molecule has 1 aliphatic heterocycles. The van der Waals surface area contributed by atoms with Gasteiger partial charge in [-0.2, -0.15) is 13.2 Å². The molecule has 1 N–H and O–H groups in total. The molecule has 0 amide bonds. The molecule has 142 valence electrons. The van der Waals surface area contributed by atoms with Gasteiger partial charge in [-0.3, -0.25) is 4.79 Å². The standard InChI is InChI=1S/C17H17F3O6/c1-3-25-15(22)13-11(10-7-5-4-6-8-10)9-12(14(21)24-2)26-16(13,23)17(18,19)20/h4-9,11,13,23H,3H2,1-2H3/t11-,13+,16-/m0/s1. The number of esters is 2. The van der Waals surface area contributed by atoms with Crippen LogP contribution in [0.1, 0.15) is 18.4 Å². The zero-order chi connectivity index (χ0) is 19.5. The van der Waals surface area contributed by atoms with Crippen LogP contribution in [0.3, 0.4) is 0 Å². The van der Waals surface area contributed by atoms with Crippen molar-refractivity contribution in [1.82, 2.24) is 0 Å². The molecule has 3 atom stereocenters. The fourth-order valence-corrected chi connectivity index (χ4v) is 2.71. The predicted octanol–water partition coefficient (Wildman–Crippen LogP) is 2.29. The Kier molecular flexibility index (Phi) is 5.60. The number of benzene rings is 1. The largest absolute Gasteiger partial charge is 0.466 e. The first kappa shape index (κ1) is 19.8. The highest BCUT2D eigenvalue weighted by Gasteiger charge is 2.68. The maximum atomic E-state index is 13.6. The smallest absolute Gasteiger partial charge is 0.456 e. The summed E-state index contributed by atoms with van der Waals surface area (Å²) in [6.07, 6.45) is -4.37. The summed E-state index contributed by atoms with van der Waals surface area (Å²) in [7, 11) is 0.953. The third-order valence-corrected chi connectivity index (χ3v) is 3.89.